The Hall–Kier alpha value is -2.80. The van der Waals surface area contributed by atoms with E-state index in [1.54, 1.807) is 30.3 Å². The summed E-state index contributed by atoms with van der Waals surface area (Å²) >= 11 is 0. The van der Waals surface area contributed by atoms with E-state index in [-0.39, 0.29) is 41.1 Å². The Labute approximate surface area is 244 Å². The lowest BCUT2D eigenvalue weighted by atomic mass is 10.0. The van der Waals surface area contributed by atoms with Crippen molar-refractivity contribution in [2.45, 2.75) is 82.2 Å². The van der Waals surface area contributed by atoms with E-state index in [2.05, 4.69) is 10.0 Å². The van der Waals surface area contributed by atoms with Crippen LogP contribution in [0.25, 0.3) is 0 Å². The molecule has 12 heteroatoms. The van der Waals surface area contributed by atoms with E-state index >= 15 is 0 Å². The van der Waals surface area contributed by atoms with Gasteiger partial charge in [0.05, 0.1) is 9.79 Å². The Morgan fingerprint density at radius 2 is 1.46 bits per heavy atom. The van der Waals surface area contributed by atoms with Gasteiger partial charge in [0.2, 0.25) is 26.0 Å². The Morgan fingerprint density at radius 3 is 2.00 bits per heavy atom. The van der Waals surface area contributed by atoms with Gasteiger partial charge in [0.25, 0.3) is 0 Å². The number of nitrogens with one attached hydrogen (secondary N) is 2. The molecule has 0 aliphatic rings. The maximum absolute atomic E-state index is 13.4. The maximum atomic E-state index is 13.4. The summed E-state index contributed by atoms with van der Waals surface area (Å²) in [7, 11) is -7.96. The van der Waals surface area contributed by atoms with E-state index in [0.717, 1.165) is 9.87 Å². The van der Waals surface area contributed by atoms with Crippen molar-refractivity contribution in [2.75, 3.05) is 13.1 Å². The average Bonchev–Trinajstić information content (AvgIpc) is 2.89. The van der Waals surface area contributed by atoms with Gasteiger partial charge in [0.15, 0.2) is 0 Å². The standard InChI is InChI=1S/C29H43N3O7S2/c1-21(2)19-26(31-40(36,37)24-11-7-6-8-12-24)28(33)30-18-10-9-13-27(29(34)35)32(20-22(3)4)41(38,39)25-16-14-23(5)15-17-25/h6-8,11-12,14-17,21-22,26-27,31H,9-10,13,18-20H2,1-5H3,(H,30,33)(H,34,35)/t26-,27-/m0/s1. The fourth-order valence-corrected chi connectivity index (χ4v) is 7.33. The first-order valence-corrected chi connectivity index (χ1v) is 16.7. The van der Waals surface area contributed by atoms with Crippen molar-refractivity contribution in [3.05, 3.63) is 60.2 Å². The zero-order chi connectivity index (χ0) is 30.8. The first-order chi connectivity index (χ1) is 19.1. The normalized spacial score (nSPS) is 13.9. The van der Waals surface area contributed by atoms with Crippen LogP contribution in [0.2, 0.25) is 0 Å². The Morgan fingerprint density at radius 1 is 0.854 bits per heavy atom. The number of hydrogen-bond acceptors (Lipinski definition) is 6. The third kappa shape index (κ3) is 10.5. The molecule has 0 aliphatic heterocycles. The van der Waals surface area contributed by atoms with Crippen molar-refractivity contribution in [1.82, 2.24) is 14.3 Å². The largest absolute Gasteiger partial charge is 0.480 e. The number of sulfonamides is 2. The lowest BCUT2D eigenvalue weighted by molar-refractivity contribution is -0.142. The Kier molecular flexibility index (Phi) is 13.0. The van der Waals surface area contributed by atoms with E-state index in [1.807, 2.05) is 34.6 Å². The third-order valence-corrected chi connectivity index (χ3v) is 9.76. The van der Waals surface area contributed by atoms with Gasteiger partial charge in [-0.15, -0.1) is 0 Å². The number of aryl methyl sites for hydroxylation is 1. The summed E-state index contributed by atoms with van der Waals surface area (Å²) in [6, 6.07) is 11.9. The molecule has 1 amide bonds. The molecule has 0 unspecified atom stereocenters. The zero-order valence-electron chi connectivity index (χ0n) is 24.4. The van der Waals surface area contributed by atoms with Crippen molar-refractivity contribution < 1.29 is 31.5 Å². The summed E-state index contributed by atoms with van der Waals surface area (Å²) < 4.78 is 56.0. The van der Waals surface area contributed by atoms with Crippen molar-refractivity contribution in [3.8, 4) is 0 Å². The molecule has 0 saturated carbocycles. The summed E-state index contributed by atoms with van der Waals surface area (Å²) in [5.41, 5.74) is 0.889. The summed E-state index contributed by atoms with van der Waals surface area (Å²) in [5, 5.41) is 12.7. The number of rotatable bonds is 17. The van der Waals surface area contributed by atoms with Gasteiger partial charge in [0, 0.05) is 13.1 Å². The quantitative estimate of drug-likeness (QED) is 0.231. The van der Waals surface area contributed by atoms with Crippen LogP contribution in [0, 0.1) is 18.8 Å². The Balaban J connectivity index is 2.05. The first kappa shape index (κ1) is 34.4. The second-order valence-corrected chi connectivity index (χ2v) is 14.6. The van der Waals surface area contributed by atoms with Crippen LogP contribution in [0.3, 0.4) is 0 Å². The molecule has 228 valence electrons. The van der Waals surface area contributed by atoms with Crippen LogP contribution in [0.5, 0.6) is 0 Å². The highest BCUT2D eigenvalue weighted by Crippen LogP contribution is 2.23. The number of benzene rings is 2. The monoisotopic (exact) mass is 609 g/mol. The summed E-state index contributed by atoms with van der Waals surface area (Å²) in [6.07, 6.45) is 1.06. The van der Waals surface area contributed by atoms with Crippen LogP contribution in [0.1, 0.15) is 58.9 Å². The lowest BCUT2D eigenvalue weighted by Crippen LogP contribution is -2.47. The number of carboxylic acid groups (broad SMARTS) is 1. The predicted octanol–water partition coefficient (Wildman–Crippen LogP) is 3.77. The van der Waals surface area contributed by atoms with Gasteiger partial charge in [-0.2, -0.15) is 9.03 Å². The summed E-state index contributed by atoms with van der Waals surface area (Å²) in [5.74, 6) is -1.77. The van der Waals surface area contributed by atoms with Crippen LogP contribution in [-0.2, 0) is 29.6 Å². The number of carbonyl (C=O) groups excluding carboxylic acids is 1. The molecule has 0 aliphatic carbocycles. The predicted molar refractivity (Wildman–Crippen MR) is 158 cm³/mol. The number of hydrogen-bond donors (Lipinski definition) is 3. The molecular formula is C29H43N3O7S2. The Bertz CT molecular complexity index is 1340. The number of nitrogens with zero attached hydrogens (tertiary/aromatic N) is 1. The molecule has 2 atom stereocenters. The summed E-state index contributed by atoms with van der Waals surface area (Å²) in [4.78, 5) is 25.2. The van der Waals surface area contributed by atoms with Gasteiger partial charge in [-0.25, -0.2) is 16.8 Å². The molecule has 2 aromatic rings. The molecule has 0 radical (unpaired) electrons. The lowest BCUT2D eigenvalue weighted by Gasteiger charge is -2.29. The van der Waals surface area contributed by atoms with Gasteiger partial charge in [0.1, 0.15) is 12.1 Å². The van der Waals surface area contributed by atoms with E-state index in [9.17, 15) is 31.5 Å². The van der Waals surface area contributed by atoms with Crippen LogP contribution in [0.4, 0.5) is 0 Å². The average molecular weight is 610 g/mol. The minimum absolute atomic E-state index is 0.0383. The van der Waals surface area contributed by atoms with E-state index in [1.165, 1.54) is 24.3 Å². The minimum atomic E-state index is -4.06. The van der Waals surface area contributed by atoms with Gasteiger partial charge < -0.3 is 10.4 Å². The fourth-order valence-electron chi connectivity index (χ4n) is 4.32. The van der Waals surface area contributed by atoms with Crippen LogP contribution >= 0.6 is 0 Å². The third-order valence-electron chi connectivity index (χ3n) is 6.38. The van der Waals surface area contributed by atoms with Gasteiger partial charge in [-0.1, -0.05) is 63.6 Å². The molecule has 0 fully saturated rings. The molecule has 0 saturated heterocycles. The first-order valence-electron chi connectivity index (χ1n) is 13.8. The van der Waals surface area contributed by atoms with E-state index < -0.39 is 44.0 Å². The number of carbonyl (C=O) groups is 2. The number of amides is 1. The van der Waals surface area contributed by atoms with Crippen LogP contribution in [-0.4, -0.2) is 63.3 Å². The van der Waals surface area contributed by atoms with Gasteiger partial charge in [-0.3, -0.25) is 9.59 Å². The van der Waals surface area contributed by atoms with E-state index in [0.29, 0.717) is 19.3 Å². The fraction of sp³-hybridized carbons (Fsp3) is 0.517. The smallest absolute Gasteiger partial charge is 0.322 e. The summed E-state index contributed by atoms with van der Waals surface area (Å²) in [6.45, 7) is 9.49. The molecule has 3 N–H and O–H groups in total. The second-order valence-electron chi connectivity index (χ2n) is 11.0. The molecule has 0 aromatic heterocycles. The van der Waals surface area contributed by atoms with Crippen molar-refractivity contribution in [3.63, 3.8) is 0 Å². The minimum Gasteiger partial charge on any atom is -0.480 e. The van der Waals surface area contributed by atoms with Gasteiger partial charge in [-0.05, 0) is 68.7 Å². The van der Waals surface area contributed by atoms with Crippen molar-refractivity contribution in [1.29, 1.82) is 0 Å². The SMILES string of the molecule is Cc1ccc(S(=O)(=O)N(CC(C)C)[C@@H](CCCCNC(=O)[C@H](CC(C)C)NS(=O)(=O)c2ccccc2)C(=O)O)cc1. The topological polar surface area (TPSA) is 150 Å². The highest BCUT2D eigenvalue weighted by molar-refractivity contribution is 7.89. The van der Waals surface area contributed by atoms with Crippen LogP contribution < -0.4 is 10.0 Å². The molecule has 0 spiro atoms. The molecule has 10 nitrogen and oxygen atoms in total. The molecule has 0 bridgehead atoms. The highest BCUT2D eigenvalue weighted by Gasteiger charge is 2.36. The maximum Gasteiger partial charge on any atom is 0.322 e. The number of carboxylic acids is 1. The van der Waals surface area contributed by atoms with Crippen molar-refractivity contribution in [2.24, 2.45) is 11.8 Å². The van der Waals surface area contributed by atoms with Gasteiger partial charge >= 0.3 is 5.97 Å². The molecule has 2 aromatic carbocycles. The van der Waals surface area contributed by atoms with Crippen molar-refractivity contribution >= 4 is 31.9 Å². The molecular weight excluding hydrogens is 566 g/mol. The molecule has 0 heterocycles. The van der Waals surface area contributed by atoms with Crippen LogP contribution in [0.15, 0.2) is 64.4 Å². The number of unbranched alkanes of at least 4 members (excludes halogenated alkanes) is 1. The number of aliphatic carboxylic acids is 1. The highest BCUT2D eigenvalue weighted by atomic mass is 32.2. The zero-order valence-corrected chi connectivity index (χ0v) is 26.0. The molecule has 41 heavy (non-hydrogen) atoms. The molecule has 2 rings (SSSR count). The second kappa shape index (κ2) is 15.4. The van der Waals surface area contributed by atoms with E-state index in [4.69, 9.17) is 0 Å².